The van der Waals surface area contributed by atoms with Crippen LogP contribution in [0.1, 0.15) is 29.8 Å². The lowest BCUT2D eigenvalue weighted by Crippen LogP contribution is -2.14. The first-order valence-corrected chi connectivity index (χ1v) is 7.60. The van der Waals surface area contributed by atoms with Crippen LogP contribution in [0.25, 0.3) is 11.4 Å². The average molecular weight is 336 g/mol. The number of esters is 1. The lowest BCUT2D eigenvalue weighted by atomic mass is 10.1. The van der Waals surface area contributed by atoms with Gasteiger partial charge in [-0.1, -0.05) is 13.0 Å². The van der Waals surface area contributed by atoms with Crippen LogP contribution < -0.4 is 4.74 Å². The first-order valence-electron chi connectivity index (χ1n) is 7.60. The Labute approximate surface area is 138 Å². The van der Waals surface area contributed by atoms with Crippen molar-refractivity contribution in [2.75, 3.05) is 13.2 Å². The maximum atomic E-state index is 12.5. The van der Waals surface area contributed by atoms with Crippen LogP contribution in [0.4, 0.5) is 8.78 Å². The molecule has 0 saturated carbocycles. The van der Waals surface area contributed by atoms with Gasteiger partial charge in [0.05, 0.1) is 18.0 Å². The molecule has 0 aliphatic heterocycles. The van der Waals surface area contributed by atoms with Crippen molar-refractivity contribution in [1.29, 1.82) is 0 Å². The van der Waals surface area contributed by atoms with Crippen molar-refractivity contribution in [2.45, 2.75) is 26.7 Å². The number of aromatic nitrogens is 2. The molecule has 0 amide bonds. The summed E-state index contributed by atoms with van der Waals surface area (Å²) in [5, 5.41) is 0. The topological polar surface area (TPSA) is 61.3 Å². The summed E-state index contributed by atoms with van der Waals surface area (Å²) in [6.07, 6.45) is -0.485. The number of hydrogen-bond donors (Lipinski definition) is 0. The van der Waals surface area contributed by atoms with Crippen LogP contribution in [0.15, 0.2) is 30.5 Å². The predicted molar refractivity (Wildman–Crippen MR) is 84.3 cm³/mol. The maximum Gasteiger partial charge on any atom is 0.343 e. The third kappa shape index (κ3) is 4.24. The van der Waals surface area contributed by atoms with E-state index in [1.807, 2.05) is 6.92 Å². The summed E-state index contributed by atoms with van der Waals surface area (Å²) >= 11 is 0. The Morgan fingerprint density at radius 2 is 2.08 bits per heavy atom. The molecule has 0 saturated heterocycles. The smallest absolute Gasteiger partial charge is 0.343 e. The SMILES string of the molecule is CCOC(=O)c1cc(CC)c(-c2ccccn2)nc1OCC(F)F. The number of aryl methyl sites for hydroxylation is 1. The number of halogens is 2. The Morgan fingerprint density at radius 3 is 2.67 bits per heavy atom. The second kappa shape index (κ2) is 8.33. The van der Waals surface area contributed by atoms with Crippen LogP contribution >= 0.6 is 0 Å². The molecule has 0 radical (unpaired) electrons. The fourth-order valence-corrected chi connectivity index (χ4v) is 2.14. The molecule has 2 aromatic heterocycles. The highest BCUT2D eigenvalue weighted by Gasteiger charge is 2.21. The zero-order chi connectivity index (χ0) is 17.5. The maximum absolute atomic E-state index is 12.5. The van der Waals surface area contributed by atoms with E-state index in [4.69, 9.17) is 9.47 Å². The van der Waals surface area contributed by atoms with Crippen LogP contribution in [-0.2, 0) is 11.2 Å². The first-order chi connectivity index (χ1) is 11.6. The van der Waals surface area contributed by atoms with Crippen LogP contribution in [0.5, 0.6) is 5.88 Å². The molecule has 0 aliphatic rings. The highest BCUT2D eigenvalue weighted by molar-refractivity contribution is 5.92. The zero-order valence-corrected chi connectivity index (χ0v) is 13.5. The minimum Gasteiger partial charge on any atom is -0.471 e. The van der Waals surface area contributed by atoms with E-state index in [2.05, 4.69) is 9.97 Å². The van der Waals surface area contributed by atoms with E-state index < -0.39 is 19.0 Å². The van der Waals surface area contributed by atoms with Crippen molar-refractivity contribution < 1.29 is 23.0 Å². The van der Waals surface area contributed by atoms with Crippen LogP contribution in [0.2, 0.25) is 0 Å². The molecule has 5 nitrogen and oxygen atoms in total. The molecule has 2 aromatic rings. The van der Waals surface area contributed by atoms with Gasteiger partial charge in [0, 0.05) is 6.20 Å². The van der Waals surface area contributed by atoms with Crippen molar-refractivity contribution in [1.82, 2.24) is 9.97 Å². The Kier molecular flexibility index (Phi) is 6.17. The summed E-state index contributed by atoms with van der Waals surface area (Å²) in [5.41, 5.74) is 1.86. The molecule has 128 valence electrons. The third-order valence-corrected chi connectivity index (χ3v) is 3.20. The van der Waals surface area contributed by atoms with Crippen LogP contribution in [0, 0.1) is 0 Å². The number of hydrogen-bond acceptors (Lipinski definition) is 5. The number of carbonyl (C=O) groups excluding carboxylic acids is 1. The second-order valence-electron chi connectivity index (χ2n) is 4.84. The van der Waals surface area contributed by atoms with E-state index >= 15 is 0 Å². The van der Waals surface area contributed by atoms with E-state index in [9.17, 15) is 13.6 Å². The Balaban J connectivity index is 2.52. The van der Waals surface area contributed by atoms with Crippen LogP contribution in [-0.4, -0.2) is 35.6 Å². The molecule has 2 heterocycles. The first kappa shape index (κ1) is 17.8. The lowest BCUT2D eigenvalue weighted by Gasteiger charge is -2.14. The molecule has 0 fully saturated rings. The Bertz CT molecular complexity index is 694. The van der Waals surface area contributed by atoms with Gasteiger partial charge in [-0.05, 0) is 37.1 Å². The van der Waals surface area contributed by atoms with Gasteiger partial charge in [0.25, 0.3) is 6.43 Å². The minimum atomic E-state index is -2.68. The quantitative estimate of drug-likeness (QED) is 0.724. The summed E-state index contributed by atoms with van der Waals surface area (Å²) in [5.74, 6) is -0.830. The minimum absolute atomic E-state index is 0.0361. The van der Waals surface area contributed by atoms with Gasteiger partial charge in [0.15, 0.2) is 6.61 Å². The van der Waals surface area contributed by atoms with Gasteiger partial charge < -0.3 is 9.47 Å². The highest BCUT2D eigenvalue weighted by Crippen LogP contribution is 2.28. The van der Waals surface area contributed by atoms with E-state index in [1.54, 1.807) is 37.4 Å². The third-order valence-electron chi connectivity index (χ3n) is 3.20. The summed E-state index contributed by atoms with van der Waals surface area (Å²) in [7, 11) is 0. The molecule has 7 heteroatoms. The fraction of sp³-hybridized carbons (Fsp3) is 0.353. The van der Waals surface area contributed by atoms with Gasteiger partial charge in [-0.25, -0.2) is 18.6 Å². The van der Waals surface area contributed by atoms with Crippen molar-refractivity contribution in [2.24, 2.45) is 0 Å². The largest absolute Gasteiger partial charge is 0.471 e. The van der Waals surface area contributed by atoms with Gasteiger partial charge in [0.2, 0.25) is 5.88 Å². The van der Waals surface area contributed by atoms with Gasteiger partial charge >= 0.3 is 5.97 Å². The Hall–Kier alpha value is -2.57. The molecule has 0 aromatic carbocycles. The molecule has 0 spiro atoms. The highest BCUT2D eigenvalue weighted by atomic mass is 19.3. The Morgan fingerprint density at radius 1 is 1.29 bits per heavy atom. The van der Waals surface area contributed by atoms with E-state index in [1.165, 1.54) is 0 Å². The number of rotatable bonds is 7. The normalized spacial score (nSPS) is 10.7. The number of carbonyl (C=O) groups is 1. The van der Waals surface area contributed by atoms with Crippen LogP contribution in [0.3, 0.4) is 0 Å². The van der Waals surface area contributed by atoms with E-state index in [-0.39, 0.29) is 18.1 Å². The van der Waals surface area contributed by atoms with Crippen molar-refractivity contribution >= 4 is 5.97 Å². The number of ether oxygens (including phenoxy) is 2. The van der Waals surface area contributed by atoms with E-state index in [0.717, 1.165) is 5.56 Å². The van der Waals surface area contributed by atoms with Crippen molar-refractivity contribution in [3.8, 4) is 17.3 Å². The fourth-order valence-electron chi connectivity index (χ4n) is 2.14. The molecule has 0 unspecified atom stereocenters. The molecule has 0 N–H and O–H groups in total. The van der Waals surface area contributed by atoms with Gasteiger partial charge in [0.1, 0.15) is 5.56 Å². The summed E-state index contributed by atoms with van der Waals surface area (Å²) < 4.78 is 35.0. The second-order valence-corrected chi connectivity index (χ2v) is 4.84. The monoisotopic (exact) mass is 336 g/mol. The predicted octanol–water partition coefficient (Wildman–Crippen LogP) is 3.53. The molecular formula is C17H18F2N2O3. The van der Waals surface area contributed by atoms with Gasteiger partial charge in [-0.15, -0.1) is 0 Å². The number of alkyl halides is 2. The molecular weight excluding hydrogens is 318 g/mol. The van der Waals surface area contributed by atoms with Crippen molar-refractivity contribution in [3.63, 3.8) is 0 Å². The summed E-state index contributed by atoms with van der Waals surface area (Å²) in [4.78, 5) is 20.6. The molecule has 24 heavy (non-hydrogen) atoms. The molecule has 0 aliphatic carbocycles. The van der Waals surface area contributed by atoms with Gasteiger partial charge in [-0.2, -0.15) is 0 Å². The summed E-state index contributed by atoms with van der Waals surface area (Å²) in [6.45, 7) is 2.87. The van der Waals surface area contributed by atoms with Crippen molar-refractivity contribution in [3.05, 3.63) is 41.6 Å². The summed E-state index contributed by atoms with van der Waals surface area (Å²) in [6, 6.07) is 6.87. The molecule has 0 atom stereocenters. The zero-order valence-electron chi connectivity index (χ0n) is 13.5. The van der Waals surface area contributed by atoms with E-state index in [0.29, 0.717) is 17.8 Å². The molecule has 0 bridgehead atoms. The number of nitrogens with zero attached hydrogens (tertiary/aromatic N) is 2. The van der Waals surface area contributed by atoms with Gasteiger partial charge in [-0.3, -0.25) is 4.98 Å². The standard InChI is InChI=1S/C17H18F2N2O3/c1-3-11-9-12(17(22)23-4-2)16(24-10-14(18)19)21-15(11)13-7-5-6-8-20-13/h5-9,14H,3-4,10H2,1-2H3. The number of pyridine rings is 2. The molecule has 2 rings (SSSR count). The average Bonchev–Trinajstić information content (AvgIpc) is 2.60. The lowest BCUT2D eigenvalue weighted by molar-refractivity contribution is 0.0504.